The van der Waals surface area contributed by atoms with Crippen LogP contribution in [0.15, 0.2) is 0 Å². The molecule has 0 saturated carbocycles. The van der Waals surface area contributed by atoms with E-state index < -0.39 is 12.2 Å². The van der Waals surface area contributed by atoms with E-state index in [2.05, 4.69) is 19.5 Å². The van der Waals surface area contributed by atoms with Crippen molar-refractivity contribution in [2.45, 2.75) is 13.3 Å². The van der Waals surface area contributed by atoms with Crippen molar-refractivity contribution >= 4 is 12.2 Å². The summed E-state index contributed by atoms with van der Waals surface area (Å²) in [5.74, 6) is 0. The van der Waals surface area contributed by atoms with Crippen molar-refractivity contribution in [2.75, 3.05) is 26.9 Å². The minimum atomic E-state index is -0.721. The Morgan fingerprint density at radius 1 is 1.29 bits per heavy atom. The Morgan fingerprint density at radius 2 is 2.00 bits per heavy atom. The quantitative estimate of drug-likeness (QED) is 0.533. The lowest BCUT2D eigenvalue weighted by molar-refractivity contribution is 0.0718. The summed E-state index contributed by atoms with van der Waals surface area (Å²) in [7, 11) is 1.24. The third kappa shape index (κ3) is 7.20. The van der Waals surface area contributed by atoms with Crippen molar-refractivity contribution < 1.29 is 23.8 Å². The van der Waals surface area contributed by atoms with E-state index in [1.807, 2.05) is 0 Å². The molecule has 0 heterocycles. The van der Waals surface area contributed by atoms with Gasteiger partial charge in [0.2, 0.25) is 0 Å². The van der Waals surface area contributed by atoms with E-state index in [0.29, 0.717) is 19.6 Å². The number of methoxy groups -OCH3 is 1. The first-order valence-corrected chi connectivity index (χ1v) is 4.32. The lowest BCUT2D eigenvalue weighted by Gasteiger charge is -2.05. The number of alkyl carbamates (subject to hydrolysis) is 1. The molecule has 0 saturated heterocycles. The minimum Gasteiger partial charge on any atom is -0.450 e. The van der Waals surface area contributed by atoms with Crippen LogP contribution in [0.25, 0.3) is 0 Å². The van der Waals surface area contributed by atoms with Crippen LogP contribution in [0, 0.1) is 0 Å². The fourth-order valence-corrected chi connectivity index (χ4v) is 0.659. The first-order valence-electron chi connectivity index (χ1n) is 4.32. The van der Waals surface area contributed by atoms with Crippen LogP contribution in [0.1, 0.15) is 13.3 Å². The van der Waals surface area contributed by atoms with Crippen LogP contribution in [0.4, 0.5) is 9.59 Å². The van der Waals surface area contributed by atoms with Crippen LogP contribution in [0.5, 0.6) is 0 Å². The minimum absolute atomic E-state index is 0.207. The molecule has 6 nitrogen and oxygen atoms in total. The standard InChI is InChI=1S/C8H15NO5/c1-3-13-7(10)9-5-4-6-14-8(11)12-2/h3-6H2,1-2H3,(H,9,10). The summed E-state index contributed by atoms with van der Waals surface area (Å²) < 4.78 is 13.4. The summed E-state index contributed by atoms with van der Waals surface area (Å²) in [6, 6.07) is 0. The maximum Gasteiger partial charge on any atom is 0.507 e. The largest absolute Gasteiger partial charge is 0.507 e. The Balaban J connectivity index is 3.21. The molecule has 0 aliphatic heterocycles. The molecule has 0 aliphatic rings. The molecule has 14 heavy (non-hydrogen) atoms. The smallest absolute Gasteiger partial charge is 0.450 e. The van der Waals surface area contributed by atoms with Gasteiger partial charge in [-0.2, -0.15) is 0 Å². The molecule has 0 aromatic heterocycles. The second-order valence-corrected chi connectivity index (χ2v) is 2.30. The third-order valence-corrected chi connectivity index (χ3v) is 1.25. The molecule has 0 rings (SSSR count). The first-order chi connectivity index (χ1) is 6.70. The molecule has 1 amide bonds. The number of ether oxygens (including phenoxy) is 3. The number of hydrogen-bond donors (Lipinski definition) is 1. The van der Waals surface area contributed by atoms with Gasteiger partial charge in [0.05, 0.1) is 20.3 Å². The number of rotatable bonds is 5. The average Bonchev–Trinajstić information content (AvgIpc) is 2.17. The van der Waals surface area contributed by atoms with Crippen LogP contribution in [-0.4, -0.2) is 39.1 Å². The normalized spacial score (nSPS) is 9.00. The highest BCUT2D eigenvalue weighted by atomic mass is 16.7. The summed E-state index contributed by atoms with van der Waals surface area (Å²) >= 11 is 0. The highest BCUT2D eigenvalue weighted by molar-refractivity contribution is 5.66. The van der Waals surface area contributed by atoms with E-state index in [9.17, 15) is 9.59 Å². The molecule has 0 bridgehead atoms. The molecule has 6 heteroatoms. The SMILES string of the molecule is CCOC(=O)NCCCOC(=O)OC. The Kier molecular flexibility index (Phi) is 7.30. The molecule has 0 aromatic rings. The zero-order valence-corrected chi connectivity index (χ0v) is 8.37. The molecule has 0 unspecified atom stereocenters. The molecular weight excluding hydrogens is 190 g/mol. The second kappa shape index (κ2) is 8.15. The molecule has 0 aromatic carbocycles. The third-order valence-electron chi connectivity index (χ3n) is 1.25. The van der Waals surface area contributed by atoms with Gasteiger partial charge in [-0.1, -0.05) is 0 Å². The molecule has 0 radical (unpaired) electrons. The predicted molar refractivity (Wildman–Crippen MR) is 48.0 cm³/mol. The molecule has 82 valence electrons. The molecule has 0 atom stereocenters. The number of hydrogen-bond acceptors (Lipinski definition) is 5. The van der Waals surface area contributed by atoms with Crippen LogP contribution in [-0.2, 0) is 14.2 Å². The number of amides is 1. The van der Waals surface area contributed by atoms with Crippen molar-refractivity contribution in [3.05, 3.63) is 0 Å². The lowest BCUT2D eigenvalue weighted by Crippen LogP contribution is -2.26. The highest BCUT2D eigenvalue weighted by Crippen LogP contribution is 1.86. The first kappa shape index (κ1) is 12.5. The summed E-state index contributed by atoms with van der Waals surface area (Å²) in [5.41, 5.74) is 0. The van der Waals surface area contributed by atoms with Gasteiger partial charge in [-0.25, -0.2) is 9.59 Å². The Hall–Kier alpha value is -1.46. The second-order valence-electron chi connectivity index (χ2n) is 2.30. The van der Waals surface area contributed by atoms with Crippen molar-refractivity contribution in [3.8, 4) is 0 Å². The zero-order chi connectivity index (χ0) is 10.8. The summed E-state index contributed by atoms with van der Waals surface area (Å²) in [6.45, 7) is 2.67. The topological polar surface area (TPSA) is 73.9 Å². The van der Waals surface area contributed by atoms with E-state index in [4.69, 9.17) is 0 Å². The fraction of sp³-hybridized carbons (Fsp3) is 0.750. The average molecular weight is 205 g/mol. The monoisotopic (exact) mass is 205 g/mol. The number of nitrogens with one attached hydrogen (secondary N) is 1. The summed E-state index contributed by atoms with van der Waals surface area (Å²) in [4.78, 5) is 21.2. The van der Waals surface area contributed by atoms with Gasteiger partial charge in [-0.05, 0) is 13.3 Å². The van der Waals surface area contributed by atoms with E-state index in [-0.39, 0.29) is 6.61 Å². The van der Waals surface area contributed by atoms with E-state index in [0.717, 1.165) is 0 Å². The molecular formula is C8H15NO5. The maximum atomic E-state index is 10.7. The van der Waals surface area contributed by atoms with E-state index >= 15 is 0 Å². The Morgan fingerprint density at radius 3 is 2.57 bits per heavy atom. The van der Waals surface area contributed by atoms with Crippen LogP contribution < -0.4 is 5.32 Å². The van der Waals surface area contributed by atoms with Crippen LogP contribution >= 0.6 is 0 Å². The molecule has 0 spiro atoms. The Bertz CT molecular complexity index is 183. The van der Waals surface area contributed by atoms with Gasteiger partial charge in [-0.3, -0.25) is 0 Å². The summed E-state index contributed by atoms with van der Waals surface area (Å²) in [5, 5.41) is 2.48. The highest BCUT2D eigenvalue weighted by Gasteiger charge is 2.01. The Labute approximate surface area is 82.5 Å². The van der Waals surface area contributed by atoms with Gasteiger partial charge in [0.25, 0.3) is 0 Å². The van der Waals surface area contributed by atoms with Crippen LogP contribution in [0.3, 0.4) is 0 Å². The van der Waals surface area contributed by atoms with Crippen LogP contribution in [0.2, 0.25) is 0 Å². The molecule has 1 N–H and O–H groups in total. The molecule has 0 fully saturated rings. The van der Waals surface area contributed by atoms with Crippen molar-refractivity contribution in [1.29, 1.82) is 0 Å². The summed E-state index contributed by atoms with van der Waals surface area (Å²) in [6.07, 6.45) is -0.666. The lowest BCUT2D eigenvalue weighted by atomic mass is 10.4. The van der Waals surface area contributed by atoms with E-state index in [1.165, 1.54) is 7.11 Å². The number of carbonyl (C=O) groups excluding carboxylic acids is 2. The van der Waals surface area contributed by atoms with Gasteiger partial charge in [0, 0.05) is 6.54 Å². The van der Waals surface area contributed by atoms with Gasteiger partial charge in [0.15, 0.2) is 0 Å². The van der Waals surface area contributed by atoms with Gasteiger partial charge < -0.3 is 19.5 Å². The molecule has 0 aliphatic carbocycles. The number of carbonyl (C=O) groups is 2. The van der Waals surface area contributed by atoms with Gasteiger partial charge in [0.1, 0.15) is 0 Å². The predicted octanol–water partition coefficient (Wildman–Crippen LogP) is 0.906. The maximum absolute atomic E-state index is 10.7. The van der Waals surface area contributed by atoms with Gasteiger partial charge in [-0.15, -0.1) is 0 Å². The van der Waals surface area contributed by atoms with E-state index in [1.54, 1.807) is 6.92 Å². The van der Waals surface area contributed by atoms with Crippen molar-refractivity contribution in [1.82, 2.24) is 5.32 Å². The van der Waals surface area contributed by atoms with Crippen molar-refractivity contribution in [2.24, 2.45) is 0 Å². The van der Waals surface area contributed by atoms with Gasteiger partial charge >= 0.3 is 12.2 Å². The zero-order valence-electron chi connectivity index (χ0n) is 8.37. The van der Waals surface area contributed by atoms with Crippen molar-refractivity contribution in [3.63, 3.8) is 0 Å². The fourth-order valence-electron chi connectivity index (χ4n) is 0.659.